The summed E-state index contributed by atoms with van der Waals surface area (Å²) in [5, 5.41) is 5.18. The van der Waals surface area contributed by atoms with Crippen molar-refractivity contribution in [3.63, 3.8) is 0 Å². The number of fused-ring (bicyclic) bond motifs is 2. The number of hydrogen-bond donors (Lipinski definition) is 0. The highest BCUT2D eigenvalue weighted by Crippen LogP contribution is 2.45. The Hall–Kier alpha value is -2.67. The predicted molar refractivity (Wildman–Crippen MR) is 229 cm³/mol. The summed E-state index contributed by atoms with van der Waals surface area (Å²) in [4.78, 5) is 0. The van der Waals surface area contributed by atoms with Crippen LogP contribution in [0.15, 0.2) is 60.7 Å². The SMILES string of the molecule is CC.CCC.CCc1ccc2cc(C3CCC(C4CCC(CC)CC4)CC3)ccc2c1CC.Cc1c(F)ccc2cc(C3CCC(C)CC3)ccc12. The minimum atomic E-state index is -0.105. The summed E-state index contributed by atoms with van der Waals surface area (Å²) in [6.07, 6.45) is 22.0. The summed E-state index contributed by atoms with van der Waals surface area (Å²) >= 11 is 0. The number of aryl methyl sites for hydroxylation is 3. The van der Waals surface area contributed by atoms with E-state index in [0.29, 0.717) is 5.92 Å². The quantitative estimate of drug-likeness (QED) is 0.187. The van der Waals surface area contributed by atoms with Gasteiger partial charge in [0.1, 0.15) is 5.82 Å². The van der Waals surface area contributed by atoms with Crippen LogP contribution in [-0.4, -0.2) is 0 Å². The van der Waals surface area contributed by atoms with Gasteiger partial charge in [-0.1, -0.05) is 149 Å². The summed E-state index contributed by atoms with van der Waals surface area (Å²) in [7, 11) is 0. The maximum Gasteiger partial charge on any atom is 0.126 e. The topological polar surface area (TPSA) is 0 Å². The van der Waals surface area contributed by atoms with Crippen LogP contribution in [0.3, 0.4) is 0 Å². The van der Waals surface area contributed by atoms with Gasteiger partial charge in [0, 0.05) is 0 Å². The van der Waals surface area contributed by atoms with Gasteiger partial charge in [-0.15, -0.1) is 0 Å². The molecule has 52 heavy (non-hydrogen) atoms. The molecule has 0 unspecified atom stereocenters. The Morgan fingerprint density at radius 1 is 0.558 bits per heavy atom. The summed E-state index contributed by atoms with van der Waals surface area (Å²) < 4.78 is 13.5. The zero-order valence-corrected chi connectivity index (χ0v) is 34.9. The molecule has 0 amide bonds. The molecule has 1 heteroatoms. The molecule has 4 aromatic rings. The van der Waals surface area contributed by atoms with Gasteiger partial charge in [0.05, 0.1) is 0 Å². The van der Waals surface area contributed by atoms with E-state index in [1.807, 2.05) is 26.8 Å². The first-order valence-electron chi connectivity index (χ1n) is 22.0. The van der Waals surface area contributed by atoms with Crippen molar-refractivity contribution in [2.75, 3.05) is 0 Å². The Labute approximate surface area is 319 Å². The molecular formula is C51H75F. The van der Waals surface area contributed by atoms with E-state index in [-0.39, 0.29) is 5.82 Å². The van der Waals surface area contributed by atoms with Crippen LogP contribution in [0.1, 0.15) is 185 Å². The summed E-state index contributed by atoms with van der Waals surface area (Å²) in [6, 6.07) is 22.2. The fraction of sp³-hybridized carbons (Fsp3) is 0.608. The second-order valence-electron chi connectivity index (χ2n) is 16.5. The van der Waals surface area contributed by atoms with Gasteiger partial charge in [0.15, 0.2) is 0 Å². The smallest absolute Gasteiger partial charge is 0.126 e. The standard InChI is InChI=1S/C28H40.C18H21F.C3H8.C2H6/c1-4-20-7-9-22(10-8-20)23-12-14-24(15-13-23)25-17-18-28-26(19-25)16-11-21(5-2)27(28)6-3;1-12-3-5-14(6-4-12)15-7-9-17-13(2)18(19)10-8-16(17)11-15;1-3-2;1-2/h11,16-20,22-24H,4-10,12-15H2,1-3H3;7-12,14H,3-6H2,1-2H3;3H2,1-2H3;1-2H3. The third kappa shape index (κ3) is 10.7. The van der Waals surface area contributed by atoms with Crippen molar-refractivity contribution >= 4 is 21.5 Å². The zero-order chi connectivity index (χ0) is 37.6. The van der Waals surface area contributed by atoms with Crippen molar-refractivity contribution in [1.82, 2.24) is 0 Å². The maximum atomic E-state index is 13.5. The van der Waals surface area contributed by atoms with Gasteiger partial charge < -0.3 is 0 Å². The molecule has 286 valence electrons. The van der Waals surface area contributed by atoms with Crippen molar-refractivity contribution in [1.29, 1.82) is 0 Å². The highest BCUT2D eigenvalue weighted by molar-refractivity contribution is 5.88. The molecule has 0 radical (unpaired) electrons. The lowest BCUT2D eigenvalue weighted by Crippen LogP contribution is -2.25. The van der Waals surface area contributed by atoms with Gasteiger partial charge in [-0.2, -0.15) is 0 Å². The summed E-state index contributed by atoms with van der Waals surface area (Å²) in [5.74, 6) is 5.37. The fourth-order valence-electron chi connectivity index (χ4n) is 9.78. The molecule has 0 aromatic heterocycles. The minimum absolute atomic E-state index is 0.105. The first-order valence-corrected chi connectivity index (χ1v) is 22.0. The Morgan fingerprint density at radius 3 is 1.56 bits per heavy atom. The van der Waals surface area contributed by atoms with Gasteiger partial charge in [-0.3, -0.25) is 0 Å². The van der Waals surface area contributed by atoms with Crippen LogP contribution >= 0.6 is 0 Å². The molecule has 0 aliphatic heterocycles. The molecule has 0 bridgehead atoms. The first kappa shape index (κ1) is 42.1. The highest BCUT2D eigenvalue weighted by Gasteiger charge is 2.31. The first-order chi connectivity index (χ1) is 25.3. The Balaban J connectivity index is 0.000000219. The van der Waals surface area contributed by atoms with Crippen LogP contribution in [0.25, 0.3) is 21.5 Å². The summed E-state index contributed by atoms with van der Waals surface area (Å²) in [5.41, 5.74) is 6.90. The number of halogens is 1. The predicted octanol–water partition coefficient (Wildman–Crippen LogP) is 16.5. The van der Waals surface area contributed by atoms with Crippen LogP contribution in [-0.2, 0) is 12.8 Å². The molecule has 0 N–H and O–H groups in total. The molecule has 3 aliphatic rings. The van der Waals surface area contributed by atoms with Gasteiger partial charge in [-0.05, 0) is 162 Å². The van der Waals surface area contributed by atoms with Gasteiger partial charge in [-0.25, -0.2) is 4.39 Å². The minimum Gasteiger partial charge on any atom is -0.207 e. The van der Waals surface area contributed by atoms with E-state index in [2.05, 4.69) is 90.1 Å². The molecule has 3 saturated carbocycles. The number of hydrogen-bond acceptors (Lipinski definition) is 0. The summed E-state index contributed by atoms with van der Waals surface area (Å²) in [6.45, 7) is 19.4. The third-order valence-corrected chi connectivity index (χ3v) is 13.1. The van der Waals surface area contributed by atoms with Gasteiger partial charge in [0.2, 0.25) is 0 Å². The van der Waals surface area contributed by atoms with Gasteiger partial charge >= 0.3 is 0 Å². The number of benzene rings is 4. The van der Waals surface area contributed by atoms with Crippen molar-refractivity contribution in [2.24, 2.45) is 23.7 Å². The van der Waals surface area contributed by atoms with Crippen molar-refractivity contribution in [3.05, 3.63) is 94.3 Å². The lowest BCUT2D eigenvalue weighted by Gasteiger charge is -2.38. The molecule has 3 aliphatic carbocycles. The molecule has 0 saturated heterocycles. The molecule has 4 aromatic carbocycles. The van der Waals surface area contributed by atoms with E-state index < -0.39 is 0 Å². The molecule has 7 rings (SSSR count). The van der Waals surface area contributed by atoms with Gasteiger partial charge in [0.25, 0.3) is 0 Å². The highest BCUT2D eigenvalue weighted by atomic mass is 19.1. The molecule has 0 atom stereocenters. The third-order valence-electron chi connectivity index (χ3n) is 13.1. The van der Waals surface area contributed by atoms with E-state index in [1.54, 1.807) is 17.2 Å². The average molecular weight is 707 g/mol. The zero-order valence-electron chi connectivity index (χ0n) is 34.9. The van der Waals surface area contributed by atoms with Crippen LogP contribution in [0, 0.1) is 36.4 Å². The largest absolute Gasteiger partial charge is 0.207 e. The molecule has 0 spiro atoms. The molecular weight excluding hydrogens is 632 g/mol. The Morgan fingerprint density at radius 2 is 1.04 bits per heavy atom. The maximum absolute atomic E-state index is 13.5. The van der Waals surface area contributed by atoms with Crippen molar-refractivity contribution in [2.45, 2.75) is 177 Å². The fourth-order valence-corrected chi connectivity index (χ4v) is 9.78. The lowest BCUT2D eigenvalue weighted by molar-refractivity contribution is 0.158. The number of rotatable bonds is 6. The molecule has 3 fully saturated rings. The van der Waals surface area contributed by atoms with E-state index >= 15 is 0 Å². The second-order valence-corrected chi connectivity index (χ2v) is 16.5. The van der Waals surface area contributed by atoms with E-state index in [1.165, 1.54) is 117 Å². The Bertz CT molecular complexity index is 1620. The Kier molecular flexibility index (Phi) is 17.2. The van der Waals surface area contributed by atoms with E-state index in [0.717, 1.165) is 53.4 Å². The lowest BCUT2D eigenvalue weighted by atomic mass is 9.68. The monoisotopic (exact) mass is 707 g/mol. The van der Waals surface area contributed by atoms with Crippen molar-refractivity contribution < 1.29 is 4.39 Å². The van der Waals surface area contributed by atoms with E-state index in [9.17, 15) is 4.39 Å². The average Bonchev–Trinajstić information content (AvgIpc) is 3.20. The van der Waals surface area contributed by atoms with Crippen LogP contribution < -0.4 is 0 Å². The molecule has 0 heterocycles. The van der Waals surface area contributed by atoms with Crippen LogP contribution in [0.2, 0.25) is 0 Å². The molecule has 0 nitrogen and oxygen atoms in total. The second kappa shape index (κ2) is 21.3. The van der Waals surface area contributed by atoms with Crippen LogP contribution in [0.5, 0.6) is 0 Å². The van der Waals surface area contributed by atoms with Crippen LogP contribution in [0.4, 0.5) is 4.39 Å². The van der Waals surface area contributed by atoms with E-state index in [4.69, 9.17) is 0 Å². The normalized spacial score (nSPS) is 24.5. The van der Waals surface area contributed by atoms with Crippen molar-refractivity contribution in [3.8, 4) is 0 Å².